The van der Waals surface area contributed by atoms with Gasteiger partial charge in [-0.05, 0) is 24.6 Å². The van der Waals surface area contributed by atoms with E-state index in [4.69, 9.17) is 11.5 Å². The van der Waals surface area contributed by atoms with E-state index in [2.05, 4.69) is 16.6 Å². The molecule has 1 unspecified atom stereocenters. The summed E-state index contributed by atoms with van der Waals surface area (Å²) in [6, 6.07) is 5.82. The maximum Gasteiger partial charge on any atom is 0.320 e. The number of benzene rings is 1. The first-order chi connectivity index (χ1) is 8.51. The number of hydrogen-bond acceptors (Lipinski definition) is 2. The number of nitrogens with one attached hydrogen (secondary N) is 2. The molecule has 5 nitrogen and oxygen atoms in total. The molecule has 3 N–H and O–H groups in total. The minimum atomic E-state index is -0.892. The number of carbonyl (C=O) groups excluding carboxylic acids is 1. The molecule has 0 bridgehead atoms. The highest BCUT2D eigenvalue weighted by molar-refractivity contribution is 5.89. The maximum atomic E-state index is 11.4. The summed E-state index contributed by atoms with van der Waals surface area (Å²) < 4.78 is 0. The fraction of sp³-hybridized carbons (Fsp3) is 0.231. The molecular weight excluding hydrogens is 232 g/mol. The number of aliphatic carboxylic acids is 1. The van der Waals surface area contributed by atoms with Crippen molar-refractivity contribution >= 4 is 17.7 Å². The van der Waals surface area contributed by atoms with Gasteiger partial charge < -0.3 is 15.7 Å². The van der Waals surface area contributed by atoms with Crippen LogP contribution < -0.4 is 10.6 Å². The monoisotopic (exact) mass is 246 g/mol. The smallest absolute Gasteiger partial charge is 0.320 e. The molecule has 2 amide bonds. The number of amides is 2. The Morgan fingerprint density at radius 2 is 2.00 bits per heavy atom. The Morgan fingerprint density at radius 3 is 2.50 bits per heavy atom. The molecule has 1 rings (SSSR count). The van der Waals surface area contributed by atoms with Crippen molar-refractivity contribution in [1.82, 2.24) is 5.32 Å². The van der Waals surface area contributed by atoms with Crippen LogP contribution in [-0.2, 0) is 11.2 Å². The highest BCUT2D eigenvalue weighted by atomic mass is 16.4. The van der Waals surface area contributed by atoms with Gasteiger partial charge >= 0.3 is 12.0 Å². The highest BCUT2D eigenvalue weighted by Crippen LogP contribution is 2.09. The Hall–Kier alpha value is -2.48. The fourth-order valence-corrected chi connectivity index (χ4v) is 1.29. The first-order valence-electron chi connectivity index (χ1n) is 5.35. The van der Waals surface area contributed by atoms with E-state index in [0.717, 1.165) is 0 Å². The van der Waals surface area contributed by atoms with Gasteiger partial charge in [0.25, 0.3) is 0 Å². The molecule has 1 aromatic rings. The summed E-state index contributed by atoms with van der Waals surface area (Å²) in [7, 11) is 0. The summed E-state index contributed by atoms with van der Waals surface area (Å²) in [6.45, 7) is 1.69. The molecule has 18 heavy (non-hydrogen) atoms. The van der Waals surface area contributed by atoms with Gasteiger partial charge in [0.2, 0.25) is 0 Å². The summed E-state index contributed by atoms with van der Waals surface area (Å²) >= 11 is 0. The number of anilines is 1. The largest absolute Gasteiger partial charge is 0.481 e. The third-order valence-electron chi connectivity index (χ3n) is 2.16. The van der Waals surface area contributed by atoms with E-state index in [9.17, 15) is 9.59 Å². The molecule has 0 fully saturated rings. The van der Waals surface area contributed by atoms with Gasteiger partial charge in [0.1, 0.15) is 0 Å². The van der Waals surface area contributed by atoms with Crippen LogP contribution in [0.25, 0.3) is 0 Å². The minimum Gasteiger partial charge on any atom is -0.481 e. The van der Waals surface area contributed by atoms with E-state index in [0.29, 0.717) is 11.3 Å². The van der Waals surface area contributed by atoms with Crippen LogP contribution in [0.4, 0.5) is 10.5 Å². The zero-order valence-electron chi connectivity index (χ0n) is 9.93. The molecule has 0 radical (unpaired) electrons. The second-order valence-corrected chi connectivity index (χ2v) is 3.75. The first-order valence-corrected chi connectivity index (χ1v) is 5.35. The number of terminal acetylenes is 1. The molecule has 0 saturated carbocycles. The molecule has 0 heterocycles. The van der Waals surface area contributed by atoms with Crippen molar-refractivity contribution in [2.75, 3.05) is 5.32 Å². The Bertz CT molecular complexity index is 474. The molecule has 5 heteroatoms. The summed E-state index contributed by atoms with van der Waals surface area (Å²) in [5, 5.41) is 13.7. The number of carboxylic acid groups (broad SMARTS) is 1. The number of rotatable bonds is 4. The van der Waals surface area contributed by atoms with Crippen LogP contribution in [0.2, 0.25) is 0 Å². The van der Waals surface area contributed by atoms with Gasteiger partial charge in [-0.2, -0.15) is 0 Å². The van der Waals surface area contributed by atoms with Crippen LogP contribution in [0.3, 0.4) is 0 Å². The highest BCUT2D eigenvalue weighted by Gasteiger charge is 2.05. The van der Waals surface area contributed by atoms with Crippen molar-refractivity contribution in [3.05, 3.63) is 29.8 Å². The second-order valence-electron chi connectivity index (χ2n) is 3.75. The van der Waals surface area contributed by atoms with Gasteiger partial charge in [-0.3, -0.25) is 4.79 Å². The summed E-state index contributed by atoms with van der Waals surface area (Å²) in [4.78, 5) is 21.9. The van der Waals surface area contributed by atoms with Crippen molar-refractivity contribution in [2.45, 2.75) is 19.4 Å². The fourth-order valence-electron chi connectivity index (χ4n) is 1.29. The van der Waals surface area contributed by atoms with Crippen molar-refractivity contribution in [3.8, 4) is 12.3 Å². The Morgan fingerprint density at radius 1 is 1.39 bits per heavy atom. The van der Waals surface area contributed by atoms with Gasteiger partial charge in [-0.1, -0.05) is 18.1 Å². The zero-order chi connectivity index (χ0) is 13.5. The van der Waals surface area contributed by atoms with Crippen LogP contribution >= 0.6 is 0 Å². The average molecular weight is 246 g/mol. The van der Waals surface area contributed by atoms with E-state index in [-0.39, 0.29) is 12.5 Å². The number of hydrogen-bond donors (Lipinski definition) is 3. The Kier molecular flexibility index (Phi) is 4.76. The lowest BCUT2D eigenvalue weighted by atomic mass is 10.1. The molecule has 0 saturated heterocycles. The van der Waals surface area contributed by atoms with E-state index >= 15 is 0 Å². The summed E-state index contributed by atoms with van der Waals surface area (Å²) in [5.74, 6) is 1.48. The molecule has 0 spiro atoms. The maximum absolute atomic E-state index is 11.4. The lowest BCUT2D eigenvalue weighted by Gasteiger charge is -2.09. The van der Waals surface area contributed by atoms with Crippen molar-refractivity contribution < 1.29 is 14.7 Å². The number of carboxylic acids is 1. The van der Waals surface area contributed by atoms with Crippen LogP contribution in [0, 0.1) is 12.3 Å². The molecule has 0 aliphatic carbocycles. The Labute approximate surface area is 105 Å². The van der Waals surface area contributed by atoms with E-state index in [1.807, 2.05) is 0 Å². The number of carbonyl (C=O) groups is 2. The van der Waals surface area contributed by atoms with Crippen LogP contribution in [0.1, 0.15) is 12.5 Å². The van der Waals surface area contributed by atoms with Crippen molar-refractivity contribution in [1.29, 1.82) is 0 Å². The number of urea groups is 1. The minimum absolute atomic E-state index is 0.0411. The second kappa shape index (κ2) is 6.30. The Balaban J connectivity index is 2.56. The third kappa shape index (κ3) is 4.58. The lowest BCUT2D eigenvalue weighted by Crippen LogP contribution is -2.35. The molecular formula is C13H14N2O3. The van der Waals surface area contributed by atoms with E-state index in [1.165, 1.54) is 0 Å². The molecule has 0 aromatic heterocycles. The van der Waals surface area contributed by atoms with Gasteiger partial charge in [0.05, 0.1) is 12.5 Å². The SMILES string of the molecule is C#CC(C)NC(=O)Nc1ccc(CC(=O)O)cc1. The van der Waals surface area contributed by atoms with Crippen LogP contribution in [-0.4, -0.2) is 23.1 Å². The quantitative estimate of drug-likeness (QED) is 0.704. The van der Waals surface area contributed by atoms with Crippen LogP contribution in [0.5, 0.6) is 0 Å². The normalized spacial score (nSPS) is 11.1. The van der Waals surface area contributed by atoms with Gasteiger partial charge in [0.15, 0.2) is 0 Å². The van der Waals surface area contributed by atoms with Crippen molar-refractivity contribution in [2.24, 2.45) is 0 Å². The average Bonchev–Trinajstić information content (AvgIpc) is 2.30. The summed E-state index contributed by atoms with van der Waals surface area (Å²) in [6.07, 6.45) is 5.09. The molecule has 0 aliphatic heterocycles. The molecule has 1 aromatic carbocycles. The topological polar surface area (TPSA) is 78.4 Å². The van der Waals surface area contributed by atoms with E-state index < -0.39 is 12.0 Å². The predicted molar refractivity (Wildman–Crippen MR) is 68.2 cm³/mol. The third-order valence-corrected chi connectivity index (χ3v) is 2.16. The van der Waals surface area contributed by atoms with Crippen molar-refractivity contribution in [3.63, 3.8) is 0 Å². The molecule has 0 aliphatic rings. The van der Waals surface area contributed by atoms with Gasteiger partial charge in [-0.25, -0.2) is 4.79 Å². The van der Waals surface area contributed by atoms with E-state index in [1.54, 1.807) is 31.2 Å². The predicted octanol–water partition coefficient (Wildman–Crippen LogP) is 1.46. The molecule has 94 valence electrons. The standard InChI is InChI=1S/C13H14N2O3/c1-3-9(2)14-13(18)15-11-6-4-10(5-7-11)8-12(16)17/h1,4-7,9H,8H2,2H3,(H,16,17)(H2,14,15,18). The summed E-state index contributed by atoms with van der Waals surface area (Å²) in [5.41, 5.74) is 1.25. The van der Waals surface area contributed by atoms with Crippen LogP contribution in [0.15, 0.2) is 24.3 Å². The van der Waals surface area contributed by atoms with Gasteiger partial charge in [0, 0.05) is 5.69 Å². The first kappa shape index (κ1) is 13.6. The molecule has 1 atom stereocenters. The van der Waals surface area contributed by atoms with Gasteiger partial charge in [-0.15, -0.1) is 6.42 Å². The lowest BCUT2D eigenvalue weighted by molar-refractivity contribution is -0.136. The zero-order valence-corrected chi connectivity index (χ0v) is 9.93.